The van der Waals surface area contributed by atoms with Gasteiger partial charge in [0, 0.05) is 22.4 Å². The Kier molecular flexibility index (Phi) is 4.33. The van der Waals surface area contributed by atoms with Gasteiger partial charge in [0.2, 0.25) is 5.91 Å². The Labute approximate surface area is 130 Å². The molecule has 1 aliphatic heterocycles. The van der Waals surface area contributed by atoms with Crippen molar-refractivity contribution in [3.63, 3.8) is 0 Å². The minimum absolute atomic E-state index is 0.0384. The third kappa shape index (κ3) is 2.74. The standard InChI is InChI=1S/C16H24N2O2S/c1-4-13-16(19)18(11-8-12(9-11)20-5-2)15(17-13)14-7-6-10(3)21-14/h6-7,11-13,15,17H,4-5,8-9H2,1-3H3. The molecule has 5 heteroatoms. The van der Waals surface area contributed by atoms with Crippen molar-refractivity contribution in [2.24, 2.45) is 0 Å². The van der Waals surface area contributed by atoms with Crippen molar-refractivity contribution in [1.82, 2.24) is 10.2 Å². The molecule has 21 heavy (non-hydrogen) atoms. The number of hydrogen-bond acceptors (Lipinski definition) is 4. The van der Waals surface area contributed by atoms with Crippen molar-refractivity contribution in [2.75, 3.05) is 6.61 Å². The van der Waals surface area contributed by atoms with E-state index in [1.807, 2.05) is 6.92 Å². The third-order valence-corrected chi connectivity index (χ3v) is 5.55. The largest absolute Gasteiger partial charge is 0.378 e. The van der Waals surface area contributed by atoms with E-state index in [0.717, 1.165) is 25.9 Å². The van der Waals surface area contributed by atoms with E-state index in [2.05, 4.69) is 36.2 Å². The first kappa shape index (κ1) is 15.0. The van der Waals surface area contributed by atoms with Crippen LogP contribution in [0.2, 0.25) is 0 Å². The lowest BCUT2D eigenvalue weighted by Crippen LogP contribution is -2.50. The van der Waals surface area contributed by atoms with Crippen molar-refractivity contribution in [3.05, 3.63) is 21.9 Å². The molecule has 1 aliphatic carbocycles. The minimum Gasteiger partial charge on any atom is -0.378 e. The number of hydrogen-bond donors (Lipinski definition) is 1. The molecule has 4 nitrogen and oxygen atoms in total. The van der Waals surface area contributed by atoms with Crippen LogP contribution in [0.1, 0.15) is 49.0 Å². The molecule has 1 aromatic rings. The molecule has 0 spiro atoms. The van der Waals surface area contributed by atoms with Crippen LogP contribution in [0.15, 0.2) is 12.1 Å². The highest BCUT2D eigenvalue weighted by molar-refractivity contribution is 7.12. The van der Waals surface area contributed by atoms with Crippen LogP contribution in [0.25, 0.3) is 0 Å². The van der Waals surface area contributed by atoms with Crippen LogP contribution in [0.3, 0.4) is 0 Å². The smallest absolute Gasteiger partial charge is 0.241 e. The molecule has 2 aliphatic rings. The Morgan fingerprint density at radius 3 is 2.71 bits per heavy atom. The predicted octanol–water partition coefficient (Wildman–Crippen LogP) is 2.83. The molecule has 2 heterocycles. The number of nitrogens with zero attached hydrogens (tertiary/aromatic N) is 1. The third-order valence-electron chi connectivity index (χ3n) is 4.49. The summed E-state index contributed by atoms with van der Waals surface area (Å²) in [6.45, 7) is 6.97. The van der Waals surface area contributed by atoms with Gasteiger partial charge in [-0.1, -0.05) is 6.92 Å². The zero-order chi connectivity index (χ0) is 15.0. The first-order valence-corrected chi connectivity index (χ1v) is 8.71. The highest BCUT2D eigenvalue weighted by atomic mass is 32.1. The molecule has 0 bridgehead atoms. The second-order valence-corrected chi connectivity index (χ2v) is 7.25. The van der Waals surface area contributed by atoms with E-state index in [1.165, 1.54) is 9.75 Å². The van der Waals surface area contributed by atoms with Gasteiger partial charge >= 0.3 is 0 Å². The van der Waals surface area contributed by atoms with E-state index in [0.29, 0.717) is 12.1 Å². The summed E-state index contributed by atoms with van der Waals surface area (Å²) < 4.78 is 5.65. The molecular formula is C16H24N2O2S. The fourth-order valence-electron chi connectivity index (χ4n) is 3.29. The molecule has 1 amide bonds. The molecule has 1 saturated carbocycles. The van der Waals surface area contributed by atoms with Crippen molar-refractivity contribution < 1.29 is 9.53 Å². The van der Waals surface area contributed by atoms with E-state index in [9.17, 15) is 4.79 Å². The lowest BCUT2D eigenvalue weighted by molar-refractivity contribution is -0.138. The van der Waals surface area contributed by atoms with Crippen LogP contribution in [-0.4, -0.2) is 35.6 Å². The number of ether oxygens (including phenoxy) is 1. The van der Waals surface area contributed by atoms with Crippen LogP contribution >= 0.6 is 11.3 Å². The molecule has 2 unspecified atom stereocenters. The van der Waals surface area contributed by atoms with Crippen molar-refractivity contribution in [1.29, 1.82) is 0 Å². The van der Waals surface area contributed by atoms with Gasteiger partial charge in [-0.15, -0.1) is 11.3 Å². The lowest BCUT2D eigenvalue weighted by atomic mass is 9.87. The molecular weight excluding hydrogens is 284 g/mol. The number of amides is 1. The van der Waals surface area contributed by atoms with E-state index in [4.69, 9.17) is 4.74 Å². The molecule has 2 atom stereocenters. The minimum atomic E-state index is -0.0384. The van der Waals surface area contributed by atoms with Gasteiger partial charge < -0.3 is 9.64 Å². The quantitative estimate of drug-likeness (QED) is 0.909. The van der Waals surface area contributed by atoms with Crippen molar-refractivity contribution >= 4 is 17.2 Å². The van der Waals surface area contributed by atoms with Gasteiger partial charge in [0.25, 0.3) is 0 Å². The van der Waals surface area contributed by atoms with Crippen molar-refractivity contribution in [3.8, 4) is 0 Å². The van der Waals surface area contributed by atoms with Crippen LogP contribution in [-0.2, 0) is 9.53 Å². The van der Waals surface area contributed by atoms with Gasteiger partial charge in [0.15, 0.2) is 0 Å². The SMILES string of the molecule is CCOC1CC(N2C(=O)C(CC)NC2c2ccc(C)s2)C1. The van der Waals surface area contributed by atoms with Gasteiger partial charge in [-0.05, 0) is 45.2 Å². The Balaban J connectivity index is 1.76. The fraction of sp³-hybridized carbons (Fsp3) is 0.688. The summed E-state index contributed by atoms with van der Waals surface area (Å²) in [6, 6.07) is 4.57. The first-order chi connectivity index (χ1) is 10.1. The highest BCUT2D eigenvalue weighted by Crippen LogP contribution is 2.39. The zero-order valence-electron chi connectivity index (χ0n) is 13.0. The van der Waals surface area contributed by atoms with Crippen LogP contribution in [0.5, 0.6) is 0 Å². The van der Waals surface area contributed by atoms with E-state index < -0.39 is 0 Å². The summed E-state index contributed by atoms with van der Waals surface area (Å²) in [6.07, 6.45) is 3.17. The second-order valence-electron chi connectivity index (χ2n) is 5.93. The molecule has 1 aromatic heterocycles. The maximum Gasteiger partial charge on any atom is 0.241 e. The lowest BCUT2D eigenvalue weighted by Gasteiger charge is -2.42. The summed E-state index contributed by atoms with van der Waals surface area (Å²) in [4.78, 5) is 17.3. The fourth-order valence-corrected chi connectivity index (χ4v) is 4.23. The Morgan fingerprint density at radius 2 is 2.14 bits per heavy atom. The summed E-state index contributed by atoms with van der Waals surface area (Å²) in [5.74, 6) is 0.258. The van der Waals surface area contributed by atoms with Crippen LogP contribution < -0.4 is 5.32 Å². The molecule has 0 aromatic carbocycles. The zero-order valence-corrected chi connectivity index (χ0v) is 13.8. The average molecular weight is 308 g/mol. The first-order valence-electron chi connectivity index (χ1n) is 7.90. The number of aryl methyl sites for hydroxylation is 1. The molecule has 3 rings (SSSR count). The summed E-state index contributed by atoms with van der Waals surface area (Å²) in [5.41, 5.74) is 0. The number of carbonyl (C=O) groups excluding carboxylic acids is 1. The van der Waals surface area contributed by atoms with E-state index in [-0.39, 0.29) is 18.1 Å². The average Bonchev–Trinajstić information content (AvgIpc) is 2.98. The van der Waals surface area contributed by atoms with Gasteiger partial charge in [-0.25, -0.2) is 0 Å². The Bertz CT molecular complexity index is 510. The maximum absolute atomic E-state index is 12.7. The maximum atomic E-state index is 12.7. The predicted molar refractivity (Wildman–Crippen MR) is 84.3 cm³/mol. The van der Waals surface area contributed by atoms with Gasteiger partial charge in [0.1, 0.15) is 6.17 Å². The van der Waals surface area contributed by atoms with Gasteiger partial charge in [-0.3, -0.25) is 10.1 Å². The van der Waals surface area contributed by atoms with E-state index >= 15 is 0 Å². The summed E-state index contributed by atoms with van der Waals surface area (Å²) in [5, 5.41) is 3.51. The monoisotopic (exact) mass is 308 g/mol. The molecule has 1 N–H and O–H groups in total. The summed E-state index contributed by atoms with van der Waals surface area (Å²) >= 11 is 1.78. The van der Waals surface area contributed by atoms with Crippen LogP contribution in [0.4, 0.5) is 0 Å². The van der Waals surface area contributed by atoms with E-state index in [1.54, 1.807) is 11.3 Å². The number of carbonyl (C=O) groups is 1. The second kappa shape index (κ2) is 6.07. The van der Waals surface area contributed by atoms with Gasteiger partial charge in [-0.2, -0.15) is 0 Å². The Hall–Kier alpha value is -0.910. The molecule has 1 saturated heterocycles. The normalized spacial score (nSPS) is 32.5. The molecule has 2 fully saturated rings. The topological polar surface area (TPSA) is 41.6 Å². The number of rotatable bonds is 5. The highest BCUT2D eigenvalue weighted by Gasteiger charge is 2.47. The summed E-state index contributed by atoms with van der Waals surface area (Å²) in [7, 11) is 0. The Morgan fingerprint density at radius 1 is 1.38 bits per heavy atom. The number of nitrogens with one attached hydrogen (secondary N) is 1. The molecule has 116 valence electrons. The van der Waals surface area contributed by atoms with Crippen molar-refractivity contribution in [2.45, 2.75) is 64.4 Å². The van der Waals surface area contributed by atoms with Crippen LogP contribution in [0, 0.1) is 6.92 Å². The molecule has 0 radical (unpaired) electrons. The van der Waals surface area contributed by atoms with Gasteiger partial charge in [0.05, 0.1) is 12.1 Å². The number of thiophene rings is 1.